The van der Waals surface area contributed by atoms with Gasteiger partial charge < -0.3 is 24.6 Å². The second-order valence-corrected chi connectivity index (χ2v) is 11.3. The molecule has 1 saturated heterocycles. The highest BCUT2D eigenvalue weighted by atomic mass is 35.5. The molecule has 2 N–H and O–H groups in total. The number of amides is 1. The van der Waals surface area contributed by atoms with Crippen LogP contribution in [0.3, 0.4) is 0 Å². The number of fused-ring (bicyclic) bond motifs is 2. The van der Waals surface area contributed by atoms with Crippen LogP contribution >= 0.6 is 12.4 Å². The molecule has 2 aromatic carbocycles. The molecule has 0 radical (unpaired) electrons. The largest absolute Gasteiger partial charge is 0.488 e. The lowest BCUT2D eigenvalue weighted by Gasteiger charge is -2.35. The average molecular weight is 578 g/mol. The Balaban J connectivity index is 0.00000370. The van der Waals surface area contributed by atoms with Gasteiger partial charge in [0.05, 0.1) is 24.3 Å². The van der Waals surface area contributed by atoms with Gasteiger partial charge in [-0.25, -0.2) is 4.39 Å². The van der Waals surface area contributed by atoms with Gasteiger partial charge in [0.1, 0.15) is 29.9 Å². The maximum absolute atomic E-state index is 14.8. The molecular weight excluding hydrogens is 537 g/mol. The Labute approximate surface area is 242 Å². The zero-order valence-electron chi connectivity index (χ0n) is 23.2. The third-order valence-corrected chi connectivity index (χ3v) is 7.76. The van der Waals surface area contributed by atoms with Crippen molar-refractivity contribution in [2.45, 2.75) is 63.8 Å². The number of alkyl halides is 1. The van der Waals surface area contributed by atoms with Crippen molar-refractivity contribution < 1.29 is 28.9 Å². The van der Waals surface area contributed by atoms with Gasteiger partial charge >= 0.3 is 0 Å². The lowest BCUT2D eigenvalue weighted by Crippen LogP contribution is -2.48. The van der Waals surface area contributed by atoms with Crippen molar-refractivity contribution in [1.82, 2.24) is 14.7 Å². The minimum absolute atomic E-state index is 0. The van der Waals surface area contributed by atoms with Crippen molar-refractivity contribution in [3.8, 4) is 11.5 Å². The lowest BCUT2D eigenvalue weighted by molar-refractivity contribution is 0.00720. The number of carbonyl (C=O) groups excluding carboxylic acids is 1. The molecule has 40 heavy (non-hydrogen) atoms. The molecule has 0 aromatic heterocycles. The summed E-state index contributed by atoms with van der Waals surface area (Å²) in [6.45, 7) is 7.65. The highest BCUT2D eigenvalue weighted by Crippen LogP contribution is 2.31. The van der Waals surface area contributed by atoms with Crippen molar-refractivity contribution in [3.63, 3.8) is 0 Å². The number of halogens is 2. The lowest BCUT2D eigenvalue weighted by atomic mass is 10.00. The summed E-state index contributed by atoms with van der Waals surface area (Å²) < 4.78 is 26.9. The molecule has 2 aromatic rings. The topological polar surface area (TPSA) is 85.7 Å². The van der Waals surface area contributed by atoms with Crippen molar-refractivity contribution in [3.05, 3.63) is 59.2 Å². The number of benzene rings is 2. The number of carbonyl (C=O) groups is 1. The first kappa shape index (κ1) is 30.5. The van der Waals surface area contributed by atoms with E-state index in [1.54, 1.807) is 30.0 Å². The van der Waals surface area contributed by atoms with Crippen LogP contribution in [-0.2, 0) is 13.0 Å². The van der Waals surface area contributed by atoms with Crippen LogP contribution in [0.25, 0.3) is 0 Å². The fraction of sp³-hybridized carbons (Fsp3) is 0.567. The summed E-state index contributed by atoms with van der Waals surface area (Å²) in [5.41, 5.74) is 3.07. The van der Waals surface area contributed by atoms with Crippen LogP contribution in [0.1, 0.15) is 41.8 Å². The molecule has 1 fully saturated rings. The van der Waals surface area contributed by atoms with Gasteiger partial charge in [-0.05, 0) is 49.9 Å². The molecule has 5 rings (SSSR count). The molecule has 3 aliphatic rings. The van der Waals surface area contributed by atoms with Crippen LogP contribution < -0.4 is 9.47 Å². The Bertz CT molecular complexity index is 1150. The van der Waals surface area contributed by atoms with E-state index in [-0.39, 0.29) is 37.5 Å². The van der Waals surface area contributed by atoms with E-state index in [1.165, 1.54) is 11.1 Å². The zero-order valence-corrected chi connectivity index (χ0v) is 24.1. The van der Waals surface area contributed by atoms with Gasteiger partial charge in [-0.15, -0.1) is 12.4 Å². The van der Waals surface area contributed by atoms with Crippen molar-refractivity contribution in [2.75, 3.05) is 45.8 Å². The smallest absolute Gasteiger partial charge is 0.257 e. The molecule has 0 saturated carbocycles. The maximum atomic E-state index is 14.8. The third kappa shape index (κ3) is 7.44. The number of hydrogen-bond donors (Lipinski definition) is 2. The molecule has 0 spiro atoms. The monoisotopic (exact) mass is 577 g/mol. The fourth-order valence-electron chi connectivity index (χ4n) is 5.94. The number of ether oxygens (including phenoxy) is 2. The quantitative estimate of drug-likeness (QED) is 0.499. The number of rotatable bonds is 8. The molecule has 8 nitrogen and oxygen atoms in total. The molecule has 220 valence electrons. The first-order chi connectivity index (χ1) is 18.7. The van der Waals surface area contributed by atoms with E-state index in [4.69, 9.17) is 9.47 Å². The van der Waals surface area contributed by atoms with Crippen LogP contribution in [0, 0.1) is 0 Å². The Morgan fingerprint density at radius 1 is 1.05 bits per heavy atom. The van der Waals surface area contributed by atoms with Crippen LogP contribution in [0.4, 0.5) is 4.39 Å². The van der Waals surface area contributed by atoms with Gasteiger partial charge in [0.15, 0.2) is 0 Å². The number of likely N-dealkylation sites (tertiary alicyclic amines) is 1. The second kappa shape index (κ2) is 13.5. The summed E-state index contributed by atoms with van der Waals surface area (Å²) in [6, 6.07) is 13.4. The van der Waals surface area contributed by atoms with Gasteiger partial charge in [-0.1, -0.05) is 24.3 Å². The number of β-amino-alcohol motifs (C(OH)–C–C–N with tert-alkyl or cyclic N) is 2. The van der Waals surface area contributed by atoms with E-state index in [1.807, 2.05) is 17.9 Å². The fourth-order valence-corrected chi connectivity index (χ4v) is 5.94. The highest BCUT2D eigenvalue weighted by Gasteiger charge is 2.33. The standard InChI is InChI=1S/C30H40FN3O5.ClH/c1-20(35)14-32-12-10-28(27(31)19-32)39-25-7-8-26-29(13-25)38-21(2)15-34(30(26)37)18-24(36)17-33-11-9-22-5-3-4-6-23(22)16-33;/h3-8,13,20-21,24,27-28,35-36H,9-12,14-19H2,1-2H3;1H/t20?,21?,24?,27-,28-;/m1./s1. The number of hydrogen-bond acceptors (Lipinski definition) is 7. The Morgan fingerprint density at radius 3 is 2.58 bits per heavy atom. The Kier molecular flexibility index (Phi) is 10.3. The van der Waals surface area contributed by atoms with Crippen LogP contribution in [0.2, 0.25) is 0 Å². The van der Waals surface area contributed by atoms with E-state index >= 15 is 0 Å². The summed E-state index contributed by atoms with van der Waals surface area (Å²) in [4.78, 5) is 19.2. The summed E-state index contributed by atoms with van der Waals surface area (Å²) in [6.07, 6.45) is -1.77. The Hall–Kier alpha value is -2.43. The average Bonchev–Trinajstić information content (AvgIpc) is 3.00. The number of aliphatic hydroxyl groups excluding tert-OH is 2. The van der Waals surface area contributed by atoms with E-state index in [2.05, 4.69) is 23.1 Å². The van der Waals surface area contributed by atoms with E-state index in [0.717, 1.165) is 19.5 Å². The first-order valence-electron chi connectivity index (χ1n) is 14.0. The molecule has 5 atom stereocenters. The summed E-state index contributed by atoms with van der Waals surface area (Å²) in [5, 5.41) is 20.5. The molecule has 3 unspecified atom stereocenters. The minimum Gasteiger partial charge on any atom is -0.488 e. The van der Waals surface area contributed by atoms with Gasteiger partial charge in [0.25, 0.3) is 5.91 Å². The predicted octanol–water partition coefficient (Wildman–Crippen LogP) is 2.92. The van der Waals surface area contributed by atoms with Gasteiger partial charge in [0.2, 0.25) is 0 Å². The van der Waals surface area contributed by atoms with Crippen molar-refractivity contribution in [2.24, 2.45) is 0 Å². The minimum atomic E-state index is -1.18. The van der Waals surface area contributed by atoms with Crippen LogP contribution in [-0.4, -0.2) is 107 Å². The van der Waals surface area contributed by atoms with E-state index in [9.17, 15) is 19.4 Å². The van der Waals surface area contributed by atoms with Crippen molar-refractivity contribution >= 4 is 18.3 Å². The molecular formula is C30H41ClFN3O5. The van der Waals surface area contributed by atoms with Crippen molar-refractivity contribution in [1.29, 1.82) is 0 Å². The maximum Gasteiger partial charge on any atom is 0.257 e. The number of piperidine rings is 1. The molecule has 10 heteroatoms. The molecule has 3 heterocycles. The molecule has 3 aliphatic heterocycles. The SMILES string of the molecule is CC(O)CN1CC[C@@H](Oc2ccc3c(c2)OC(C)CN(CC(O)CN2CCc4ccccc4C2)C3=O)[C@H](F)C1.Cl. The van der Waals surface area contributed by atoms with Crippen LogP contribution in [0.15, 0.2) is 42.5 Å². The summed E-state index contributed by atoms with van der Waals surface area (Å²) in [5.74, 6) is 0.680. The second-order valence-electron chi connectivity index (χ2n) is 11.3. The molecule has 0 aliphatic carbocycles. The van der Waals surface area contributed by atoms with E-state index < -0.39 is 24.5 Å². The van der Waals surface area contributed by atoms with Gasteiger partial charge in [-0.3, -0.25) is 14.6 Å². The number of aliphatic hydroxyl groups is 2. The normalized spacial score (nSPS) is 25.1. The highest BCUT2D eigenvalue weighted by molar-refractivity contribution is 5.97. The van der Waals surface area contributed by atoms with Gasteiger partial charge in [-0.2, -0.15) is 0 Å². The summed E-state index contributed by atoms with van der Waals surface area (Å²) in [7, 11) is 0. The third-order valence-electron chi connectivity index (χ3n) is 7.76. The Morgan fingerprint density at radius 2 is 1.82 bits per heavy atom. The zero-order chi connectivity index (χ0) is 27.5. The molecule has 1 amide bonds. The molecule has 0 bridgehead atoms. The summed E-state index contributed by atoms with van der Waals surface area (Å²) >= 11 is 0. The first-order valence-corrected chi connectivity index (χ1v) is 14.0. The van der Waals surface area contributed by atoms with Gasteiger partial charge in [0, 0.05) is 51.9 Å². The van der Waals surface area contributed by atoms with E-state index in [0.29, 0.717) is 49.7 Å². The number of nitrogens with zero attached hydrogens (tertiary/aromatic N) is 3. The predicted molar refractivity (Wildman–Crippen MR) is 153 cm³/mol. The van der Waals surface area contributed by atoms with Crippen LogP contribution in [0.5, 0.6) is 11.5 Å².